The molecule has 0 radical (unpaired) electrons. The van der Waals surface area contributed by atoms with Crippen molar-refractivity contribution in [2.24, 2.45) is 0 Å². The first-order valence-electron chi connectivity index (χ1n) is 7.88. The van der Waals surface area contributed by atoms with E-state index in [1.54, 1.807) is 6.07 Å². The number of halogens is 4. The first kappa shape index (κ1) is 19.5. The van der Waals surface area contributed by atoms with Crippen LogP contribution in [-0.4, -0.2) is 17.3 Å². The van der Waals surface area contributed by atoms with Crippen molar-refractivity contribution < 1.29 is 27.5 Å². The average Bonchev–Trinajstić information content (AvgIpc) is 2.45. The minimum atomic E-state index is -4.05. The van der Waals surface area contributed by atoms with Gasteiger partial charge in [-0.1, -0.05) is 38.2 Å². The fourth-order valence-electron chi connectivity index (χ4n) is 2.43. The average molecular weight is 334 g/mol. The summed E-state index contributed by atoms with van der Waals surface area (Å²) < 4.78 is 49.0. The smallest absolute Gasteiger partial charge is 0.389 e. The second kappa shape index (κ2) is 9.53. The van der Waals surface area contributed by atoms with Crippen LogP contribution in [0.3, 0.4) is 0 Å². The monoisotopic (exact) mass is 334 g/mol. The number of unbranched alkanes of at least 4 members (excludes halogenated alkanes) is 6. The number of carboxylic acid groups (broad SMARTS) is 1. The van der Waals surface area contributed by atoms with Gasteiger partial charge in [-0.3, -0.25) is 0 Å². The maximum Gasteiger partial charge on any atom is 0.389 e. The summed E-state index contributed by atoms with van der Waals surface area (Å²) in [6.45, 7) is 0. The van der Waals surface area contributed by atoms with E-state index in [1.807, 2.05) is 0 Å². The molecule has 0 saturated carbocycles. The van der Waals surface area contributed by atoms with E-state index in [-0.39, 0.29) is 12.0 Å². The van der Waals surface area contributed by atoms with Crippen molar-refractivity contribution in [3.8, 4) is 0 Å². The molecule has 1 rings (SSSR count). The highest BCUT2D eigenvalue weighted by Crippen LogP contribution is 2.23. The van der Waals surface area contributed by atoms with Gasteiger partial charge < -0.3 is 5.11 Å². The number of hydrogen-bond acceptors (Lipinski definition) is 1. The molecule has 1 aromatic carbocycles. The van der Waals surface area contributed by atoms with E-state index in [0.29, 0.717) is 12.8 Å². The maximum atomic E-state index is 13.2. The normalized spacial score (nSPS) is 11.7. The number of aromatic carboxylic acids is 1. The molecule has 0 spiro atoms. The molecule has 0 aliphatic carbocycles. The van der Waals surface area contributed by atoms with Crippen LogP contribution < -0.4 is 0 Å². The van der Waals surface area contributed by atoms with Crippen molar-refractivity contribution in [3.05, 3.63) is 35.1 Å². The molecule has 2 nitrogen and oxygen atoms in total. The fourth-order valence-corrected chi connectivity index (χ4v) is 2.43. The number of rotatable bonds is 10. The number of aryl methyl sites for hydroxylation is 1. The summed E-state index contributed by atoms with van der Waals surface area (Å²) in [6, 6.07) is 4.10. The second-order valence-corrected chi connectivity index (χ2v) is 5.71. The van der Waals surface area contributed by atoms with Crippen LogP contribution in [0.15, 0.2) is 18.2 Å². The van der Waals surface area contributed by atoms with Crippen molar-refractivity contribution in [2.75, 3.05) is 0 Å². The number of alkyl halides is 3. The first-order chi connectivity index (χ1) is 10.8. The van der Waals surface area contributed by atoms with E-state index in [9.17, 15) is 22.4 Å². The van der Waals surface area contributed by atoms with Crippen molar-refractivity contribution in [1.82, 2.24) is 0 Å². The molecule has 0 unspecified atom stereocenters. The third-order valence-corrected chi connectivity index (χ3v) is 3.69. The lowest BCUT2D eigenvalue weighted by atomic mass is 10.0. The molecular formula is C17H22F4O2. The third-order valence-electron chi connectivity index (χ3n) is 3.69. The Morgan fingerprint density at radius 3 is 2.09 bits per heavy atom. The molecule has 0 heterocycles. The Labute approximate surface area is 133 Å². The van der Waals surface area contributed by atoms with Crippen molar-refractivity contribution in [3.63, 3.8) is 0 Å². The lowest BCUT2D eigenvalue weighted by molar-refractivity contribution is -0.135. The molecule has 0 aliphatic rings. The molecule has 0 bridgehead atoms. The highest BCUT2D eigenvalue weighted by atomic mass is 19.4. The van der Waals surface area contributed by atoms with Crippen LogP contribution in [0.2, 0.25) is 0 Å². The Bertz CT molecular complexity index is 498. The summed E-state index contributed by atoms with van der Waals surface area (Å²) in [5.41, 5.74) is 0.473. The molecule has 0 saturated heterocycles. The van der Waals surface area contributed by atoms with E-state index in [4.69, 9.17) is 5.11 Å². The van der Waals surface area contributed by atoms with E-state index < -0.39 is 24.4 Å². The number of carboxylic acids is 1. The Kier molecular flexibility index (Phi) is 8.06. The number of benzene rings is 1. The fraction of sp³-hybridized carbons (Fsp3) is 0.588. The van der Waals surface area contributed by atoms with Gasteiger partial charge in [-0.25, -0.2) is 9.18 Å². The van der Waals surface area contributed by atoms with Crippen LogP contribution in [0.25, 0.3) is 0 Å². The lowest BCUT2D eigenvalue weighted by Gasteiger charge is -2.06. The SMILES string of the molecule is O=C(O)c1cc(CCCCCCCCCC(F)(F)F)ccc1F. The van der Waals surface area contributed by atoms with E-state index in [2.05, 4.69) is 0 Å². The van der Waals surface area contributed by atoms with Gasteiger partial charge in [-0.2, -0.15) is 13.2 Å². The molecule has 1 aromatic rings. The van der Waals surface area contributed by atoms with Gasteiger partial charge in [0.05, 0.1) is 5.56 Å². The standard InChI is InChI=1S/C17H22F4O2/c18-15-10-9-13(12-14(15)16(22)23)8-6-4-2-1-3-5-7-11-17(19,20)21/h9-10,12H,1-8,11H2,(H,22,23). The van der Waals surface area contributed by atoms with Crippen molar-refractivity contribution >= 4 is 5.97 Å². The number of carbonyl (C=O) groups is 1. The largest absolute Gasteiger partial charge is 0.478 e. The first-order valence-corrected chi connectivity index (χ1v) is 7.88. The number of hydrogen-bond donors (Lipinski definition) is 1. The summed E-state index contributed by atoms with van der Waals surface area (Å²) >= 11 is 0. The molecular weight excluding hydrogens is 312 g/mol. The summed E-state index contributed by atoms with van der Waals surface area (Å²) in [6.07, 6.45) is 1.14. The van der Waals surface area contributed by atoms with E-state index in [1.165, 1.54) is 12.1 Å². The summed E-state index contributed by atoms with van der Waals surface area (Å²) in [7, 11) is 0. The topological polar surface area (TPSA) is 37.3 Å². The predicted octanol–water partition coefficient (Wildman–Crippen LogP) is 5.75. The van der Waals surface area contributed by atoms with Gasteiger partial charge in [0.1, 0.15) is 5.82 Å². The van der Waals surface area contributed by atoms with E-state index >= 15 is 0 Å². The zero-order valence-corrected chi connectivity index (χ0v) is 13.0. The van der Waals surface area contributed by atoms with Crippen LogP contribution in [-0.2, 0) is 6.42 Å². The highest BCUT2D eigenvalue weighted by Gasteiger charge is 2.25. The third kappa shape index (κ3) is 8.57. The van der Waals surface area contributed by atoms with Crippen LogP contribution >= 0.6 is 0 Å². The molecule has 1 N–H and O–H groups in total. The van der Waals surface area contributed by atoms with Gasteiger partial charge in [0.2, 0.25) is 0 Å². The Morgan fingerprint density at radius 1 is 0.957 bits per heavy atom. The Morgan fingerprint density at radius 2 is 1.52 bits per heavy atom. The predicted molar refractivity (Wildman–Crippen MR) is 80.1 cm³/mol. The van der Waals surface area contributed by atoms with Gasteiger partial charge in [0, 0.05) is 6.42 Å². The molecule has 0 fully saturated rings. The molecule has 0 aromatic heterocycles. The van der Waals surface area contributed by atoms with Gasteiger partial charge in [0.15, 0.2) is 0 Å². The molecule has 23 heavy (non-hydrogen) atoms. The van der Waals surface area contributed by atoms with Crippen LogP contribution in [0.1, 0.15) is 67.3 Å². The van der Waals surface area contributed by atoms with Crippen molar-refractivity contribution in [1.29, 1.82) is 0 Å². The minimum Gasteiger partial charge on any atom is -0.478 e. The molecule has 130 valence electrons. The van der Waals surface area contributed by atoms with Crippen LogP contribution in [0.5, 0.6) is 0 Å². The molecule has 0 atom stereocenters. The quantitative estimate of drug-likeness (QED) is 0.437. The minimum absolute atomic E-state index is 0.192. The van der Waals surface area contributed by atoms with Crippen LogP contribution in [0, 0.1) is 5.82 Å². The summed E-state index contributed by atoms with van der Waals surface area (Å²) in [5.74, 6) is -2.01. The van der Waals surface area contributed by atoms with Crippen molar-refractivity contribution in [2.45, 2.75) is 64.0 Å². The second-order valence-electron chi connectivity index (χ2n) is 5.71. The van der Waals surface area contributed by atoms with Gasteiger partial charge >= 0.3 is 12.1 Å². The Hall–Kier alpha value is -1.59. The van der Waals surface area contributed by atoms with Crippen LogP contribution in [0.4, 0.5) is 17.6 Å². The summed E-state index contributed by atoms with van der Waals surface area (Å²) in [4.78, 5) is 10.8. The molecule has 6 heteroatoms. The zero-order valence-electron chi connectivity index (χ0n) is 13.0. The van der Waals surface area contributed by atoms with Gasteiger partial charge in [-0.15, -0.1) is 0 Å². The molecule has 0 amide bonds. The van der Waals surface area contributed by atoms with E-state index in [0.717, 1.165) is 37.7 Å². The van der Waals surface area contributed by atoms with Gasteiger partial charge in [-0.05, 0) is 37.0 Å². The highest BCUT2D eigenvalue weighted by molar-refractivity contribution is 5.88. The zero-order chi connectivity index (χ0) is 17.3. The Balaban J connectivity index is 2.12. The molecule has 0 aliphatic heterocycles. The van der Waals surface area contributed by atoms with Gasteiger partial charge in [0.25, 0.3) is 0 Å². The lowest BCUT2D eigenvalue weighted by Crippen LogP contribution is -2.06. The summed E-state index contributed by atoms with van der Waals surface area (Å²) in [5, 5.41) is 8.84. The maximum absolute atomic E-state index is 13.2.